The summed E-state index contributed by atoms with van der Waals surface area (Å²) >= 11 is 0. The molecule has 3 aromatic rings. The maximum Gasteiger partial charge on any atom is 0.228 e. The molecule has 7 rings (SSSR count). The first-order chi connectivity index (χ1) is 15.6. The van der Waals surface area contributed by atoms with Gasteiger partial charge in [0.05, 0.1) is 5.92 Å². The number of rotatable bonds is 3. The number of halogens is 1. The van der Waals surface area contributed by atoms with Crippen LogP contribution in [0.2, 0.25) is 0 Å². The summed E-state index contributed by atoms with van der Waals surface area (Å²) in [5.41, 5.74) is 6.59. The fraction of sp³-hybridized carbons (Fsp3) is 0.259. The predicted molar refractivity (Wildman–Crippen MR) is 120 cm³/mol. The zero-order valence-corrected chi connectivity index (χ0v) is 17.5. The molecule has 3 aromatic carbocycles. The van der Waals surface area contributed by atoms with Gasteiger partial charge in [-0.15, -0.1) is 0 Å². The first-order valence-corrected chi connectivity index (χ1v) is 11.1. The van der Waals surface area contributed by atoms with E-state index in [9.17, 15) is 14.0 Å². The third-order valence-electron chi connectivity index (χ3n) is 7.33. The number of hydrogen-bond acceptors (Lipinski definition) is 2. The summed E-state index contributed by atoms with van der Waals surface area (Å²) in [5.74, 6) is -0.569. The lowest BCUT2D eigenvalue weighted by Crippen LogP contribution is -2.41. The van der Waals surface area contributed by atoms with Gasteiger partial charge in [-0.2, -0.15) is 0 Å². The second kappa shape index (κ2) is 7.30. The van der Waals surface area contributed by atoms with Gasteiger partial charge in [0.2, 0.25) is 11.8 Å². The Hall–Kier alpha value is -3.47. The number of hydrogen-bond donors (Lipinski definition) is 2. The van der Waals surface area contributed by atoms with Crippen LogP contribution in [-0.2, 0) is 9.59 Å². The van der Waals surface area contributed by atoms with Crippen molar-refractivity contribution in [2.24, 2.45) is 5.92 Å². The van der Waals surface area contributed by atoms with E-state index in [0.717, 1.165) is 6.42 Å². The number of carbonyl (C=O) groups excluding carboxylic acids is 2. The number of fused-ring (bicyclic) bond motifs is 2. The molecule has 160 valence electrons. The van der Waals surface area contributed by atoms with Crippen LogP contribution in [0.4, 0.5) is 10.1 Å². The van der Waals surface area contributed by atoms with Gasteiger partial charge in [0, 0.05) is 30.5 Å². The normalized spacial score (nSPS) is 24.7. The molecule has 2 amide bonds. The lowest BCUT2D eigenvalue weighted by atomic mass is 9.59. The van der Waals surface area contributed by atoms with Crippen LogP contribution in [0, 0.1) is 11.7 Å². The lowest BCUT2D eigenvalue weighted by molar-refractivity contribution is -0.126. The molecular formula is C27H23FN2O2. The van der Waals surface area contributed by atoms with Crippen molar-refractivity contribution in [2.75, 3.05) is 11.9 Å². The summed E-state index contributed by atoms with van der Waals surface area (Å²) in [6.07, 6.45) is 1.07. The van der Waals surface area contributed by atoms with E-state index < -0.39 is 11.7 Å². The minimum Gasteiger partial charge on any atom is -0.355 e. The molecule has 5 heteroatoms. The molecule has 0 saturated carbocycles. The van der Waals surface area contributed by atoms with Crippen molar-refractivity contribution in [2.45, 2.75) is 30.6 Å². The Morgan fingerprint density at radius 2 is 1.59 bits per heavy atom. The van der Waals surface area contributed by atoms with Gasteiger partial charge in [0.15, 0.2) is 0 Å². The molecule has 0 radical (unpaired) electrons. The van der Waals surface area contributed by atoms with Gasteiger partial charge in [0.1, 0.15) is 5.82 Å². The first kappa shape index (κ1) is 19.2. The summed E-state index contributed by atoms with van der Waals surface area (Å²) in [4.78, 5) is 25.3. The maximum atomic E-state index is 13.6. The lowest BCUT2D eigenvalue weighted by Gasteiger charge is -2.45. The third-order valence-corrected chi connectivity index (χ3v) is 7.33. The topological polar surface area (TPSA) is 58.2 Å². The molecule has 2 unspecified atom stereocenters. The van der Waals surface area contributed by atoms with E-state index in [1.165, 1.54) is 34.4 Å². The SMILES string of the molecule is O=C1CC(C(=O)NCC2CC3c4ccccc4C2c2ccccc23)c2ccc(F)cc2N1. The zero-order valence-electron chi connectivity index (χ0n) is 17.5. The molecule has 0 saturated heterocycles. The Balaban J connectivity index is 1.26. The van der Waals surface area contributed by atoms with Crippen molar-refractivity contribution >= 4 is 17.5 Å². The predicted octanol–water partition coefficient (Wildman–Crippen LogP) is 4.67. The Morgan fingerprint density at radius 1 is 0.938 bits per heavy atom. The van der Waals surface area contributed by atoms with E-state index in [1.807, 2.05) is 0 Å². The summed E-state index contributed by atoms with van der Waals surface area (Å²) < 4.78 is 13.6. The minimum absolute atomic E-state index is 0.0762. The molecule has 4 nitrogen and oxygen atoms in total. The van der Waals surface area contributed by atoms with Crippen molar-refractivity contribution in [3.05, 3.63) is 100 Å². The Bertz CT molecular complexity index is 1210. The van der Waals surface area contributed by atoms with Crippen LogP contribution in [-0.4, -0.2) is 18.4 Å². The molecule has 4 aliphatic rings. The molecule has 2 atom stereocenters. The standard InChI is InChI=1S/C27H23FN2O2/c28-16-9-10-19-23(13-25(31)30-24(19)12-16)27(32)29-14-15-11-22-17-5-1-3-7-20(17)26(15)21-8-4-2-6-18(21)22/h1-10,12,15,22-23,26H,11,13-14H2,(H,29,32)(H,30,31). The summed E-state index contributed by atoms with van der Waals surface area (Å²) in [5, 5.41) is 5.81. The van der Waals surface area contributed by atoms with Crippen molar-refractivity contribution < 1.29 is 14.0 Å². The van der Waals surface area contributed by atoms with Gasteiger partial charge in [-0.05, 0) is 52.3 Å². The number of amides is 2. The molecule has 2 bridgehead atoms. The van der Waals surface area contributed by atoms with Crippen molar-refractivity contribution in [1.29, 1.82) is 0 Å². The molecule has 1 aliphatic heterocycles. The number of nitrogens with one attached hydrogen (secondary N) is 2. The van der Waals surface area contributed by atoms with Crippen molar-refractivity contribution in [3.8, 4) is 0 Å². The Morgan fingerprint density at radius 3 is 2.28 bits per heavy atom. The zero-order chi connectivity index (χ0) is 21.8. The maximum absolute atomic E-state index is 13.6. The molecule has 2 N–H and O–H groups in total. The van der Waals surface area contributed by atoms with E-state index in [-0.39, 0.29) is 24.2 Å². The van der Waals surface area contributed by atoms with Gasteiger partial charge in [-0.1, -0.05) is 54.6 Å². The van der Waals surface area contributed by atoms with Crippen LogP contribution in [0.1, 0.15) is 58.4 Å². The van der Waals surface area contributed by atoms with Gasteiger partial charge in [-0.3, -0.25) is 9.59 Å². The Kier molecular flexibility index (Phi) is 4.39. The van der Waals surface area contributed by atoms with Gasteiger partial charge in [-0.25, -0.2) is 4.39 Å². The van der Waals surface area contributed by atoms with E-state index in [0.29, 0.717) is 29.6 Å². The highest BCUT2D eigenvalue weighted by molar-refractivity contribution is 6.01. The number of carbonyl (C=O) groups is 2. The molecule has 3 aliphatic carbocycles. The molecule has 0 spiro atoms. The van der Waals surface area contributed by atoms with Gasteiger partial charge >= 0.3 is 0 Å². The molecule has 32 heavy (non-hydrogen) atoms. The summed E-state index contributed by atoms with van der Waals surface area (Å²) in [6, 6.07) is 21.5. The van der Waals surface area contributed by atoms with Crippen LogP contribution in [0.5, 0.6) is 0 Å². The number of benzene rings is 3. The quantitative estimate of drug-likeness (QED) is 0.640. The largest absolute Gasteiger partial charge is 0.355 e. The average Bonchev–Trinajstić information content (AvgIpc) is 2.82. The fourth-order valence-corrected chi connectivity index (χ4v) is 5.99. The van der Waals surface area contributed by atoms with E-state index >= 15 is 0 Å². The summed E-state index contributed by atoms with van der Waals surface area (Å²) in [6.45, 7) is 0.553. The van der Waals surface area contributed by atoms with Crippen LogP contribution >= 0.6 is 0 Å². The molecule has 1 heterocycles. The van der Waals surface area contributed by atoms with E-state index in [1.54, 1.807) is 6.07 Å². The summed E-state index contributed by atoms with van der Waals surface area (Å²) in [7, 11) is 0. The van der Waals surface area contributed by atoms with Gasteiger partial charge < -0.3 is 10.6 Å². The second-order valence-electron chi connectivity index (χ2n) is 9.07. The fourth-order valence-electron chi connectivity index (χ4n) is 5.99. The highest BCUT2D eigenvalue weighted by Crippen LogP contribution is 2.55. The second-order valence-corrected chi connectivity index (χ2v) is 9.07. The van der Waals surface area contributed by atoms with Gasteiger partial charge in [0.25, 0.3) is 0 Å². The van der Waals surface area contributed by atoms with Crippen LogP contribution in [0.3, 0.4) is 0 Å². The van der Waals surface area contributed by atoms with Crippen molar-refractivity contribution in [3.63, 3.8) is 0 Å². The third kappa shape index (κ3) is 2.95. The monoisotopic (exact) mass is 426 g/mol. The number of anilines is 1. The molecular weight excluding hydrogens is 403 g/mol. The Labute approximate surface area is 185 Å². The molecule has 0 fully saturated rings. The van der Waals surface area contributed by atoms with Crippen LogP contribution in [0.15, 0.2) is 66.7 Å². The first-order valence-electron chi connectivity index (χ1n) is 11.1. The van der Waals surface area contributed by atoms with Crippen LogP contribution < -0.4 is 10.6 Å². The van der Waals surface area contributed by atoms with Crippen molar-refractivity contribution in [1.82, 2.24) is 5.32 Å². The minimum atomic E-state index is -0.597. The highest BCUT2D eigenvalue weighted by Gasteiger charge is 2.43. The molecule has 0 aromatic heterocycles. The highest BCUT2D eigenvalue weighted by atomic mass is 19.1. The average molecular weight is 426 g/mol. The van der Waals surface area contributed by atoms with E-state index in [2.05, 4.69) is 59.2 Å². The van der Waals surface area contributed by atoms with E-state index in [4.69, 9.17) is 0 Å². The van der Waals surface area contributed by atoms with Crippen LogP contribution in [0.25, 0.3) is 0 Å². The smallest absolute Gasteiger partial charge is 0.228 e.